The summed E-state index contributed by atoms with van der Waals surface area (Å²) in [6, 6.07) is 5.74. The lowest BCUT2D eigenvalue weighted by atomic mass is 10.1. The molecule has 0 atom stereocenters. The van der Waals surface area contributed by atoms with Crippen LogP contribution in [0.5, 0.6) is 5.75 Å². The van der Waals surface area contributed by atoms with Crippen LogP contribution in [0.15, 0.2) is 35.1 Å². The second kappa shape index (κ2) is 5.93. The molecule has 0 fully saturated rings. The Morgan fingerprint density at radius 2 is 2.00 bits per heavy atom. The Morgan fingerprint density at radius 3 is 2.67 bits per heavy atom. The molecule has 0 bridgehead atoms. The summed E-state index contributed by atoms with van der Waals surface area (Å²) in [5, 5.41) is 0. The van der Waals surface area contributed by atoms with Crippen LogP contribution in [-0.2, 0) is 13.2 Å². The first-order valence-electron chi connectivity index (χ1n) is 5.58. The average Bonchev–Trinajstić information content (AvgIpc) is 2.38. The molecule has 1 aromatic heterocycles. The standard InChI is InChI=1S/C13H14BrN3O/c1-9-5-11(14)6-10(7-15)13(9)18-8-12-16-3-2-4-17-12/h2-6H,7-8,15H2,1H3. The zero-order valence-corrected chi connectivity index (χ0v) is 11.6. The Balaban J connectivity index is 2.19. The van der Waals surface area contributed by atoms with Gasteiger partial charge in [-0.25, -0.2) is 9.97 Å². The third-order valence-electron chi connectivity index (χ3n) is 2.50. The van der Waals surface area contributed by atoms with E-state index >= 15 is 0 Å². The number of halogens is 1. The van der Waals surface area contributed by atoms with Crippen molar-refractivity contribution in [2.45, 2.75) is 20.1 Å². The molecule has 1 heterocycles. The van der Waals surface area contributed by atoms with E-state index in [2.05, 4.69) is 25.9 Å². The van der Waals surface area contributed by atoms with Crippen molar-refractivity contribution in [2.24, 2.45) is 5.73 Å². The molecule has 2 rings (SSSR count). The van der Waals surface area contributed by atoms with Crippen LogP contribution < -0.4 is 10.5 Å². The topological polar surface area (TPSA) is 61.0 Å². The summed E-state index contributed by atoms with van der Waals surface area (Å²) < 4.78 is 6.78. The van der Waals surface area contributed by atoms with Crippen LogP contribution >= 0.6 is 15.9 Å². The van der Waals surface area contributed by atoms with Crippen molar-refractivity contribution < 1.29 is 4.74 Å². The second-order valence-corrected chi connectivity index (χ2v) is 4.78. The predicted octanol–water partition coefficient (Wildman–Crippen LogP) is 2.59. The Kier molecular flexibility index (Phi) is 4.28. The van der Waals surface area contributed by atoms with E-state index in [1.807, 2.05) is 19.1 Å². The maximum atomic E-state index is 5.77. The molecule has 0 saturated heterocycles. The zero-order chi connectivity index (χ0) is 13.0. The van der Waals surface area contributed by atoms with Crippen molar-refractivity contribution in [3.8, 4) is 5.75 Å². The third-order valence-corrected chi connectivity index (χ3v) is 2.96. The van der Waals surface area contributed by atoms with Crippen LogP contribution in [0.1, 0.15) is 17.0 Å². The van der Waals surface area contributed by atoms with Gasteiger partial charge < -0.3 is 10.5 Å². The maximum absolute atomic E-state index is 5.77. The van der Waals surface area contributed by atoms with E-state index in [0.717, 1.165) is 21.3 Å². The highest BCUT2D eigenvalue weighted by Gasteiger charge is 2.08. The number of hydrogen-bond acceptors (Lipinski definition) is 4. The van der Waals surface area contributed by atoms with Gasteiger partial charge >= 0.3 is 0 Å². The Labute approximate surface area is 114 Å². The number of aryl methyl sites for hydroxylation is 1. The minimum Gasteiger partial charge on any atom is -0.485 e. The summed E-state index contributed by atoms with van der Waals surface area (Å²) in [6.45, 7) is 2.77. The molecule has 2 aromatic rings. The van der Waals surface area contributed by atoms with Gasteiger partial charge in [0.05, 0.1) is 0 Å². The van der Waals surface area contributed by atoms with Gasteiger partial charge in [-0.3, -0.25) is 0 Å². The third kappa shape index (κ3) is 3.05. The Morgan fingerprint density at radius 1 is 1.28 bits per heavy atom. The summed E-state index contributed by atoms with van der Waals surface area (Å²) in [4.78, 5) is 8.24. The summed E-state index contributed by atoms with van der Waals surface area (Å²) in [5.74, 6) is 1.47. The van der Waals surface area contributed by atoms with E-state index in [-0.39, 0.29) is 0 Å². The van der Waals surface area contributed by atoms with Gasteiger partial charge in [0.15, 0.2) is 5.82 Å². The van der Waals surface area contributed by atoms with Crippen LogP contribution in [0.3, 0.4) is 0 Å². The minimum atomic E-state index is 0.344. The average molecular weight is 308 g/mol. The van der Waals surface area contributed by atoms with Gasteiger partial charge in [-0.05, 0) is 30.7 Å². The molecule has 0 spiro atoms. The molecule has 2 N–H and O–H groups in total. The van der Waals surface area contributed by atoms with E-state index in [1.54, 1.807) is 18.5 Å². The van der Waals surface area contributed by atoms with Crippen LogP contribution in [0, 0.1) is 6.92 Å². The van der Waals surface area contributed by atoms with Crippen LogP contribution in [0.25, 0.3) is 0 Å². The summed E-state index contributed by atoms with van der Waals surface area (Å²) in [6.07, 6.45) is 3.40. The van der Waals surface area contributed by atoms with E-state index in [0.29, 0.717) is 19.0 Å². The Hall–Kier alpha value is -1.46. The van der Waals surface area contributed by atoms with Gasteiger partial charge in [-0.15, -0.1) is 0 Å². The Bertz CT molecular complexity index is 531. The molecule has 0 unspecified atom stereocenters. The lowest BCUT2D eigenvalue weighted by Crippen LogP contribution is -2.06. The molecule has 94 valence electrons. The zero-order valence-electron chi connectivity index (χ0n) is 10.1. The van der Waals surface area contributed by atoms with Crippen molar-refractivity contribution >= 4 is 15.9 Å². The number of nitrogens with two attached hydrogens (primary N) is 1. The number of ether oxygens (including phenoxy) is 1. The molecule has 4 nitrogen and oxygen atoms in total. The first kappa shape index (κ1) is 13.0. The molecule has 1 aromatic carbocycles. The van der Waals surface area contributed by atoms with Gasteiger partial charge in [0.1, 0.15) is 12.4 Å². The molecule has 5 heteroatoms. The van der Waals surface area contributed by atoms with Gasteiger partial charge in [-0.2, -0.15) is 0 Å². The van der Waals surface area contributed by atoms with Crippen molar-refractivity contribution in [1.82, 2.24) is 9.97 Å². The summed E-state index contributed by atoms with van der Waals surface area (Å²) in [5.41, 5.74) is 7.74. The number of aromatic nitrogens is 2. The van der Waals surface area contributed by atoms with E-state index < -0.39 is 0 Å². The van der Waals surface area contributed by atoms with Crippen LogP contribution in [0.4, 0.5) is 0 Å². The molecule has 0 aliphatic heterocycles. The van der Waals surface area contributed by atoms with Crippen molar-refractivity contribution in [3.63, 3.8) is 0 Å². The van der Waals surface area contributed by atoms with E-state index in [4.69, 9.17) is 10.5 Å². The lowest BCUT2D eigenvalue weighted by molar-refractivity contribution is 0.290. The normalized spacial score (nSPS) is 10.4. The van der Waals surface area contributed by atoms with E-state index in [1.165, 1.54) is 0 Å². The van der Waals surface area contributed by atoms with Crippen LogP contribution in [-0.4, -0.2) is 9.97 Å². The fourth-order valence-corrected chi connectivity index (χ4v) is 2.32. The van der Waals surface area contributed by atoms with Crippen molar-refractivity contribution in [2.75, 3.05) is 0 Å². The highest BCUT2D eigenvalue weighted by molar-refractivity contribution is 9.10. The monoisotopic (exact) mass is 307 g/mol. The molecule has 0 aliphatic carbocycles. The van der Waals surface area contributed by atoms with Crippen molar-refractivity contribution in [1.29, 1.82) is 0 Å². The quantitative estimate of drug-likeness (QED) is 0.943. The summed E-state index contributed by atoms with van der Waals surface area (Å²) >= 11 is 3.45. The first-order valence-corrected chi connectivity index (χ1v) is 6.38. The first-order chi connectivity index (χ1) is 8.70. The highest BCUT2D eigenvalue weighted by atomic mass is 79.9. The lowest BCUT2D eigenvalue weighted by Gasteiger charge is -2.13. The fraction of sp³-hybridized carbons (Fsp3) is 0.231. The largest absolute Gasteiger partial charge is 0.485 e. The molecule has 0 amide bonds. The molecule has 0 saturated carbocycles. The smallest absolute Gasteiger partial charge is 0.166 e. The number of hydrogen-bond donors (Lipinski definition) is 1. The molecular weight excluding hydrogens is 294 g/mol. The maximum Gasteiger partial charge on any atom is 0.166 e. The van der Waals surface area contributed by atoms with E-state index in [9.17, 15) is 0 Å². The molecular formula is C13H14BrN3O. The fourth-order valence-electron chi connectivity index (χ4n) is 1.70. The molecule has 0 radical (unpaired) electrons. The van der Waals surface area contributed by atoms with Crippen molar-refractivity contribution in [3.05, 3.63) is 52.0 Å². The minimum absolute atomic E-state index is 0.344. The van der Waals surface area contributed by atoms with Gasteiger partial charge in [0.2, 0.25) is 0 Å². The molecule has 18 heavy (non-hydrogen) atoms. The SMILES string of the molecule is Cc1cc(Br)cc(CN)c1OCc1ncccn1. The van der Waals surface area contributed by atoms with Crippen LogP contribution in [0.2, 0.25) is 0 Å². The summed E-state index contributed by atoms with van der Waals surface area (Å²) in [7, 11) is 0. The predicted molar refractivity (Wildman–Crippen MR) is 73.1 cm³/mol. The highest BCUT2D eigenvalue weighted by Crippen LogP contribution is 2.28. The number of rotatable bonds is 4. The number of nitrogens with zero attached hydrogens (tertiary/aromatic N) is 2. The molecule has 0 aliphatic rings. The van der Waals surface area contributed by atoms with Gasteiger partial charge in [0, 0.05) is 29.0 Å². The second-order valence-electron chi connectivity index (χ2n) is 3.87. The number of benzene rings is 1. The van der Waals surface area contributed by atoms with Gasteiger partial charge in [-0.1, -0.05) is 15.9 Å². The van der Waals surface area contributed by atoms with Gasteiger partial charge in [0.25, 0.3) is 0 Å².